The standard InChI is InChI=1S/C13H20N2O3/c1-4-7-14(9-12(16)17)13(18)15-8-10(2)5-6-11(15)3/h1,10-11H,5-9H2,2-3H3,(H,16,17). The smallest absolute Gasteiger partial charge is 0.323 e. The zero-order chi connectivity index (χ0) is 13.7. The molecule has 18 heavy (non-hydrogen) atoms. The maximum absolute atomic E-state index is 12.3. The minimum absolute atomic E-state index is 0.0305. The number of carboxylic acid groups (broad SMARTS) is 1. The van der Waals surface area contributed by atoms with Gasteiger partial charge in [-0.3, -0.25) is 4.79 Å². The third-order valence-electron chi connectivity index (χ3n) is 3.24. The first-order valence-corrected chi connectivity index (χ1v) is 6.16. The summed E-state index contributed by atoms with van der Waals surface area (Å²) in [6.45, 7) is 4.43. The van der Waals surface area contributed by atoms with Gasteiger partial charge >= 0.3 is 12.0 Å². The van der Waals surface area contributed by atoms with E-state index in [0.29, 0.717) is 12.5 Å². The summed E-state index contributed by atoms with van der Waals surface area (Å²) in [5.41, 5.74) is 0. The molecule has 100 valence electrons. The van der Waals surface area contributed by atoms with Crippen molar-refractivity contribution in [3.63, 3.8) is 0 Å². The Kier molecular flexibility index (Phi) is 5.02. The molecule has 0 aliphatic carbocycles. The second kappa shape index (κ2) is 6.29. The van der Waals surface area contributed by atoms with Crippen molar-refractivity contribution < 1.29 is 14.7 Å². The molecule has 0 spiro atoms. The number of carbonyl (C=O) groups excluding carboxylic acids is 1. The number of nitrogens with zero attached hydrogens (tertiary/aromatic N) is 2. The van der Waals surface area contributed by atoms with Gasteiger partial charge in [0, 0.05) is 12.6 Å². The lowest BCUT2D eigenvalue weighted by atomic mass is 9.95. The Labute approximate surface area is 108 Å². The van der Waals surface area contributed by atoms with Crippen LogP contribution in [0.15, 0.2) is 0 Å². The Morgan fingerprint density at radius 3 is 2.67 bits per heavy atom. The van der Waals surface area contributed by atoms with Crippen LogP contribution in [-0.4, -0.2) is 52.6 Å². The fourth-order valence-electron chi connectivity index (χ4n) is 2.20. The van der Waals surface area contributed by atoms with Crippen LogP contribution < -0.4 is 0 Å². The van der Waals surface area contributed by atoms with Crippen LogP contribution in [0.4, 0.5) is 4.79 Å². The molecule has 0 radical (unpaired) electrons. The van der Waals surface area contributed by atoms with E-state index >= 15 is 0 Å². The van der Waals surface area contributed by atoms with E-state index in [4.69, 9.17) is 11.5 Å². The van der Waals surface area contributed by atoms with Crippen molar-refractivity contribution in [3.8, 4) is 12.3 Å². The van der Waals surface area contributed by atoms with Crippen molar-refractivity contribution in [2.75, 3.05) is 19.6 Å². The number of carbonyl (C=O) groups is 2. The number of hydrogen-bond donors (Lipinski definition) is 1. The van der Waals surface area contributed by atoms with Crippen LogP contribution in [-0.2, 0) is 4.79 Å². The highest BCUT2D eigenvalue weighted by molar-refractivity contribution is 5.80. The van der Waals surface area contributed by atoms with E-state index in [0.717, 1.165) is 12.8 Å². The van der Waals surface area contributed by atoms with Crippen LogP contribution in [0, 0.1) is 18.3 Å². The molecule has 1 aliphatic rings. The van der Waals surface area contributed by atoms with Crippen LogP contribution in [0.2, 0.25) is 0 Å². The van der Waals surface area contributed by atoms with Gasteiger partial charge < -0.3 is 14.9 Å². The molecule has 5 heteroatoms. The topological polar surface area (TPSA) is 60.9 Å². The van der Waals surface area contributed by atoms with Gasteiger partial charge in [0.25, 0.3) is 0 Å². The quantitative estimate of drug-likeness (QED) is 0.769. The zero-order valence-electron chi connectivity index (χ0n) is 10.9. The molecule has 1 N–H and O–H groups in total. The first kappa shape index (κ1) is 14.4. The molecule has 0 aromatic carbocycles. The third-order valence-corrected chi connectivity index (χ3v) is 3.24. The van der Waals surface area contributed by atoms with E-state index < -0.39 is 5.97 Å². The number of aliphatic carboxylic acids is 1. The predicted octanol–water partition coefficient (Wildman–Crippen LogP) is 1.25. The van der Waals surface area contributed by atoms with Crippen molar-refractivity contribution in [3.05, 3.63) is 0 Å². The van der Waals surface area contributed by atoms with Crippen LogP contribution >= 0.6 is 0 Å². The molecular formula is C13H20N2O3. The van der Waals surface area contributed by atoms with Gasteiger partial charge in [0.1, 0.15) is 6.54 Å². The van der Waals surface area contributed by atoms with Gasteiger partial charge in [-0.15, -0.1) is 6.42 Å². The molecule has 1 aliphatic heterocycles. The fraction of sp³-hybridized carbons (Fsp3) is 0.692. The SMILES string of the molecule is C#CCN(CC(=O)O)C(=O)N1CC(C)CCC1C. The molecule has 2 unspecified atom stereocenters. The summed E-state index contributed by atoms with van der Waals surface area (Å²) in [4.78, 5) is 25.9. The van der Waals surface area contributed by atoms with Crippen LogP contribution in [0.1, 0.15) is 26.7 Å². The second-order valence-corrected chi connectivity index (χ2v) is 4.92. The molecule has 1 fully saturated rings. The van der Waals surface area contributed by atoms with Crippen LogP contribution in [0.5, 0.6) is 0 Å². The number of piperidine rings is 1. The Hall–Kier alpha value is -1.70. The Morgan fingerprint density at radius 1 is 1.44 bits per heavy atom. The number of hydrogen-bond acceptors (Lipinski definition) is 2. The Bertz CT molecular complexity index is 362. The van der Waals surface area contributed by atoms with Gasteiger partial charge in [0.15, 0.2) is 0 Å². The highest BCUT2D eigenvalue weighted by atomic mass is 16.4. The molecule has 0 aromatic rings. The fourth-order valence-corrected chi connectivity index (χ4v) is 2.20. The molecule has 1 rings (SSSR count). The number of carboxylic acids is 1. The van der Waals surface area contributed by atoms with Crippen molar-refractivity contribution in [2.24, 2.45) is 5.92 Å². The minimum atomic E-state index is -1.05. The molecule has 1 heterocycles. The Morgan fingerprint density at radius 2 is 2.11 bits per heavy atom. The average Bonchev–Trinajstić information content (AvgIpc) is 2.30. The number of terminal acetylenes is 1. The number of urea groups is 1. The van der Waals surface area contributed by atoms with Gasteiger partial charge in [-0.2, -0.15) is 0 Å². The highest BCUT2D eigenvalue weighted by Gasteiger charge is 2.30. The van der Waals surface area contributed by atoms with Crippen molar-refractivity contribution in [1.29, 1.82) is 0 Å². The lowest BCUT2D eigenvalue weighted by Crippen LogP contribution is -2.52. The number of rotatable bonds is 3. The minimum Gasteiger partial charge on any atom is -0.480 e. The molecule has 0 saturated carbocycles. The molecule has 0 bridgehead atoms. The maximum Gasteiger partial charge on any atom is 0.323 e. The lowest BCUT2D eigenvalue weighted by molar-refractivity contribution is -0.137. The number of amides is 2. The summed E-state index contributed by atoms with van der Waals surface area (Å²) in [6, 6.07) is -0.128. The van der Waals surface area contributed by atoms with Gasteiger partial charge in [-0.25, -0.2) is 4.79 Å². The molecule has 1 saturated heterocycles. The monoisotopic (exact) mass is 252 g/mol. The largest absolute Gasteiger partial charge is 0.480 e. The van der Waals surface area contributed by atoms with E-state index in [1.165, 1.54) is 4.90 Å². The predicted molar refractivity (Wildman–Crippen MR) is 68.0 cm³/mol. The summed E-state index contributed by atoms with van der Waals surface area (Å²) in [5.74, 6) is 1.74. The summed E-state index contributed by atoms with van der Waals surface area (Å²) in [7, 11) is 0. The van der Waals surface area contributed by atoms with Crippen molar-refractivity contribution in [1.82, 2.24) is 9.80 Å². The normalized spacial score (nSPS) is 23.3. The number of likely N-dealkylation sites (tertiary alicyclic amines) is 1. The zero-order valence-corrected chi connectivity index (χ0v) is 10.9. The highest BCUT2D eigenvalue weighted by Crippen LogP contribution is 2.22. The maximum atomic E-state index is 12.3. The summed E-state index contributed by atoms with van der Waals surface area (Å²) in [6.07, 6.45) is 7.22. The first-order chi connectivity index (χ1) is 8.45. The van der Waals surface area contributed by atoms with E-state index in [9.17, 15) is 9.59 Å². The van der Waals surface area contributed by atoms with Gasteiger partial charge in [0.05, 0.1) is 6.54 Å². The lowest BCUT2D eigenvalue weighted by Gasteiger charge is -2.39. The van der Waals surface area contributed by atoms with Crippen LogP contribution in [0.25, 0.3) is 0 Å². The van der Waals surface area contributed by atoms with Crippen molar-refractivity contribution in [2.45, 2.75) is 32.7 Å². The summed E-state index contributed by atoms with van der Waals surface area (Å²) < 4.78 is 0. The Balaban J connectivity index is 2.74. The van der Waals surface area contributed by atoms with E-state index in [1.807, 2.05) is 6.92 Å². The van der Waals surface area contributed by atoms with E-state index in [1.54, 1.807) is 4.90 Å². The van der Waals surface area contributed by atoms with Gasteiger partial charge in [-0.1, -0.05) is 12.8 Å². The molecule has 5 nitrogen and oxygen atoms in total. The molecular weight excluding hydrogens is 232 g/mol. The van der Waals surface area contributed by atoms with E-state index in [2.05, 4.69) is 12.8 Å². The third kappa shape index (κ3) is 3.66. The van der Waals surface area contributed by atoms with Gasteiger partial charge in [0.2, 0.25) is 0 Å². The van der Waals surface area contributed by atoms with Crippen molar-refractivity contribution >= 4 is 12.0 Å². The summed E-state index contributed by atoms with van der Waals surface area (Å²) >= 11 is 0. The second-order valence-electron chi connectivity index (χ2n) is 4.92. The average molecular weight is 252 g/mol. The van der Waals surface area contributed by atoms with Gasteiger partial charge in [-0.05, 0) is 25.7 Å². The van der Waals surface area contributed by atoms with Crippen LogP contribution in [0.3, 0.4) is 0 Å². The van der Waals surface area contributed by atoms with E-state index in [-0.39, 0.29) is 25.2 Å². The molecule has 2 atom stereocenters. The molecule has 0 aromatic heterocycles. The first-order valence-electron chi connectivity index (χ1n) is 6.16. The molecule has 2 amide bonds. The summed E-state index contributed by atoms with van der Waals surface area (Å²) in [5, 5.41) is 8.79.